The van der Waals surface area contributed by atoms with Gasteiger partial charge in [-0.1, -0.05) is 26.8 Å². The van der Waals surface area contributed by atoms with E-state index in [0.717, 1.165) is 0 Å². The molecule has 0 aromatic heterocycles. The molecule has 1 heterocycles. The summed E-state index contributed by atoms with van der Waals surface area (Å²) in [6, 6.07) is -2.22. The molecule has 0 spiro atoms. The standard InChI is InChI=1S/C25H40N4O8S/c1-8-14-12-25(14,21(33)28-38(35,36)16-9-10-16)27-19(31)17-11-15(30)13-29(17)20(32)18(23(2,3)4)26-22(34)37-24(5,6)7/h8,14-18,30H,1,9-13H2,2-7H3,(H,26,34)(H,27,31)(H,28,33). The summed E-state index contributed by atoms with van der Waals surface area (Å²) >= 11 is 0. The zero-order valence-electron chi connectivity index (χ0n) is 22.9. The molecule has 3 fully saturated rings. The van der Waals surface area contributed by atoms with Crippen LogP contribution in [0.2, 0.25) is 0 Å². The number of aliphatic hydroxyl groups excluding tert-OH is 1. The van der Waals surface area contributed by atoms with Crippen LogP contribution in [0.15, 0.2) is 12.7 Å². The van der Waals surface area contributed by atoms with Gasteiger partial charge in [0.2, 0.25) is 21.8 Å². The molecule has 0 bridgehead atoms. The lowest BCUT2D eigenvalue weighted by atomic mass is 9.85. The molecular formula is C25H40N4O8S. The molecule has 214 valence electrons. The predicted molar refractivity (Wildman–Crippen MR) is 138 cm³/mol. The summed E-state index contributed by atoms with van der Waals surface area (Å²) in [6.07, 6.45) is 0.667. The highest BCUT2D eigenvalue weighted by atomic mass is 32.2. The zero-order chi connectivity index (χ0) is 28.8. The van der Waals surface area contributed by atoms with E-state index in [0.29, 0.717) is 12.8 Å². The van der Waals surface area contributed by atoms with Gasteiger partial charge in [-0.05, 0) is 45.4 Å². The highest BCUT2D eigenvalue weighted by Crippen LogP contribution is 2.45. The van der Waals surface area contributed by atoms with Crippen molar-refractivity contribution >= 4 is 33.8 Å². The average Bonchev–Trinajstić information content (AvgIpc) is 3.66. The predicted octanol–water partition coefficient (Wildman–Crippen LogP) is 0.557. The summed E-state index contributed by atoms with van der Waals surface area (Å²) in [5.41, 5.74) is -3.08. The summed E-state index contributed by atoms with van der Waals surface area (Å²) in [5, 5.41) is 15.0. The van der Waals surface area contributed by atoms with Gasteiger partial charge < -0.3 is 25.4 Å². The Morgan fingerprint density at radius 2 is 1.74 bits per heavy atom. The number of nitrogens with one attached hydrogen (secondary N) is 3. The van der Waals surface area contributed by atoms with Crippen LogP contribution in [0.5, 0.6) is 0 Å². The molecule has 12 nitrogen and oxygen atoms in total. The fraction of sp³-hybridized carbons (Fsp3) is 0.760. The van der Waals surface area contributed by atoms with Gasteiger partial charge in [0.15, 0.2) is 0 Å². The molecule has 0 aromatic rings. The number of rotatable bonds is 8. The van der Waals surface area contributed by atoms with Crippen molar-refractivity contribution in [3.05, 3.63) is 12.7 Å². The highest BCUT2D eigenvalue weighted by Gasteiger charge is 2.62. The van der Waals surface area contributed by atoms with Gasteiger partial charge in [0.1, 0.15) is 23.2 Å². The molecule has 1 saturated heterocycles. The van der Waals surface area contributed by atoms with Gasteiger partial charge in [-0.3, -0.25) is 19.1 Å². The first-order valence-electron chi connectivity index (χ1n) is 12.8. The lowest BCUT2D eigenvalue weighted by Crippen LogP contribution is -2.60. The summed E-state index contributed by atoms with van der Waals surface area (Å²) in [7, 11) is -3.84. The number of carbonyl (C=O) groups is 4. The molecule has 2 aliphatic carbocycles. The maximum Gasteiger partial charge on any atom is 0.408 e. The molecule has 0 radical (unpaired) electrons. The number of likely N-dealkylation sites (tertiary alicyclic amines) is 1. The van der Waals surface area contributed by atoms with Crippen molar-refractivity contribution in [1.29, 1.82) is 0 Å². The lowest BCUT2D eigenvalue weighted by molar-refractivity contribution is -0.143. The molecule has 3 rings (SSSR count). The molecule has 5 unspecified atom stereocenters. The Balaban J connectivity index is 1.79. The third kappa shape index (κ3) is 6.66. The quantitative estimate of drug-likeness (QED) is 0.314. The summed E-state index contributed by atoms with van der Waals surface area (Å²) in [6.45, 7) is 13.8. The van der Waals surface area contributed by atoms with E-state index in [1.807, 2.05) is 0 Å². The third-order valence-electron chi connectivity index (χ3n) is 6.89. The maximum atomic E-state index is 13.6. The van der Waals surface area contributed by atoms with Gasteiger partial charge in [0, 0.05) is 18.9 Å². The van der Waals surface area contributed by atoms with Gasteiger partial charge in [-0.15, -0.1) is 6.58 Å². The van der Waals surface area contributed by atoms with E-state index >= 15 is 0 Å². The smallest absolute Gasteiger partial charge is 0.408 e. The largest absolute Gasteiger partial charge is 0.444 e. The van der Waals surface area contributed by atoms with E-state index in [1.165, 1.54) is 11.0 Å². The molecule has 13 heteroatoms. The minimum Gasteiger partial charge on any atom is -0.444 e. The Labute approximate surface area is 224 Å². The first-order valence-corrected chi connectivity index (χ1v) is 14.3. The minimum atomic E-state index is -3.84. The second kappa shape index (κ2) is 10.1. The third-order valence-corrected chi connectivity index (χ3v) is 8.71. The van der Waals surface area contributed by atoms with Gasteiger partial charge >= 0.3 is 6.09 Å². The van der Waals surface area contributed by atoms with Crippen molar-refractivity contribution in [1.82, 2.24) is 20.3 Å². The number of nitrogens with zero attached hydrogens (tertiary/aromatic N) is 1. The Kier molecular flexibility index (Phi) is 7.97. The summed E-state index contributed by atoms with van der Waals surface area (Å²) in [4.78, 5) is 53.8. The molecule has 0 aromatic carbocycles. The molecule has 2 saturated carbocycles. The van der Waals surface area contributed by atoms with Gasteiger partial charge in [0.05, 0.1) is 11.4 Å². The molecule has 3 aliphatic rings. The number of hydrogen-bond donors (Lipinski definition) is 4. The van der Waals surface area contributed by atoms with E-state index in [9.17, 15) is 32.7 Å². The SMILES string of the molecule is C=CC1CC1(NC(=O)C1CC(O)CN1C(=O)C(NC(=O)OC(C)(C)C)C(C)(C)C)C(=O)NS(=O)(=O)C1CC1. The number of aliphatic hydroxyl groups is 1. The van der Waals surface area contributed by atoms with Crippen LogP contribution in [0.4, 0.5) is 4.79 Å². The first kappa shape index (κ1) is 29.9. The average molecular weight is 557 g/mol. The first-order chi connectivity index (χ1) is 17.3. The van der Waals surface area contributed by atoms with Crippen LogP contribution < -0.4 is 15.4 Å². The van der Waals surface area contributed by atoms with Crippen LogP contribution in [-0.4, -0.2) is 83.4 Å². The minimum absolute atomic E-state index is 0.0856. The number of carbonyl (C=O) groups excluding carboxylic acids is 4. The fourth-order valence-electron chi connectivity index (χ4n) is 4.56. The van der Waals surface area contributed by atoms with Crippen LogP contribution >= 0.6 is 0 Å². The van der Waals surface area contributed by atoms with Crippen molar-refractivity contribution in [3.63, 3.8) is 0 Å². The van der Waals surface area contributed by atoms with Crippen molar-refractivity contribution in [2.24, 2.45) is 11.3 Å². The lowest BCUT2D eigenvalue weighted by Gasteiger charge is -2.36. The summed E-state index contributed by atoms with van der Waals surface area (Å²) in [5.74, 6) is -2.64. The van der Waals surface area contributed by atoms with E-state index in [2.05, 4.69) is 21.9 Å². The molecule has 4 amide bonds. The number of hydrogen-bond acceptors (Lipinski definition) is 8. The molecule has 1 aliphatic heterocycles. The van der Waals surface area contributed by atoms with E-state index in [1.54, 1.807) is 41.5 Å². The molecule has 5 atom stereocenters. The van der Waals surface area contributed by atoms with Crippen LogP contribution in [0.3, 0.4) is 0 Å². The van der Waals surface area contributed by atoms with Crippen LogP contribution in [0, 0.1) is 11.3 Å². The highest BCUT2D eigenvalue weighted by molar-refractivity contribution is 7.91. The van der Waals surface area contributed by atoms with E-state index < -0.39 is 79.7 Å². The Morgan fingerprint density at radius 3 is 2.21 bits per heavy atom. The molecule has 38 heavy (non-hydrogen) atoms. The van der Waals surface area contributed by atoms with Gasteiger partial charge in [0.25, 0.3) is 5.91 Å². The number of β-amino-alcohol motifs (C(OH)–C–C–N with tert-alkyl or cyclic N) is 1. The van der Waals surface area contributed by atoms with Crippen LogP contribution in [0.1, 0.15) is 67.2 Å². The second-order valence-electron chi connectivity index (χ2n) is 12.5. The van der Waals surface area contributed by atoms with E-state index in [-0.39, 0.29) is 19.4 Å². The van der Waals surface area contributed by atoms with Crippen molar-refractivity contribution in [3.8, 4) is 0 Å². The van der Waals surface area contributed by atoms with Crippen molar-refractivity contribution in [2.75, 3.05) is 6.54 Å². The van der Waals surface area contributed by atoms with Crippen LogP contribution in [-0.2, 0) is 29.1 Å². The number of alkyl carbamates (subject to hydrolysis) is 1. The maximum absolute atomic E-state index is 13.6. The Hall–Kier alpha value is -2.67. The molecule has 4 N–H and O–H groups in total. The number of sulfonamides is 1. The van der Waals surface area contributed by atoms with Gasteiger partial charge in [-0.2, -0.15) is 0 Å². The van der Waals surface area contributed by atoms with Crippen molar-refractivity contribution in [2.45, 2.75) is 102 Å². The number of ether oxygens (including phenoxy) is 1. The Bertz CT molecular complexity index is 1110. The molecular weight excluding hydrogens is 516 g/mol. The zero-order valence-corrected chi connectivity index (χ0v) is 23.7. The fourth-order valence-corrected chi connectivity index (χ4v) is 5.93. The van der Waals surface area contributed by atoms with Gasteiger partial charge in [-0.25, -0.2) is 13.2 Å². The normalized spacial score (nSPS) is 28.2. The second-order valence-corrected chi connectivity index (χ2v) is 14.5. The summed E-state index contributed by atoms with van der Waals surface area (Å²) < 4.78 is 32.1. The van der Waals surface area contributed by atoms with Crippen molar-refractivity contribution < 1.29 is 37.4 Å². The monoisotopic (exact) mass is 556 g/mol. The number of amides is 4. The topological polar surface area (TPSA) is 171 Å². The van der Waals surface area contributed by atoms with Crippen LogP contribution in [0.25, 0.3) is 0 Å². The van der Waals surface area contributed by atoms with E-state index in [4.69, 9.17) is 4.74 Å². The Morgan fingerprint density at radius 1 is 1.13 bits per heavy atom.